The standard InChI is InChI=1S/C8HF17O3S.Na/c9-1(10,3(13,14)5(17,18)7(21,22)23)2(11,12)4(15,16)6(19,20)8(24,25)29(26,27)28;/h(H,26,27,28);/q;+1/p-1/i2+1,4+1,6+1,8+1;. The van der Waals surface area contributed by atoms with E-state index in [1.807, 2.05) is 0 Å². The van der Waals surface area contributed by atoms with Crippen molar-refractivity contribution in [3.63, 3.8) is 0 Å². The van der Waals surface area contributed by atoms with E-state index in [1.165, 1.54) is 0 Å². The van der Waals surface area contributed by atoms with Crippen molar-refractivity contribution >= 4 is 10.1 Å². The van der Waals surface area contributed by atoms with Crippen molar-refractivity contribution in [3.05, 3.63) is 0 Å². The van der Waals surface area contributed by atoms with Crippen LogP contribution < -0.4 is 29.6 Å². The summed E-state index contributed by atoms with van der Waals surface area (Å²) in [5, 5.41) is -7.95. The smallest absolute Gasteiger partial charge is 0.743 e. The minimum absolute atomic E-state index is 0. The molecule has 30 heavy (non-hydrogen) atoms. The van der Waals surface area contributed by atoms with Crippen molar-refractivity contribution in [1.29, 1.82) is 0 Å². The van der Waals surface area contributed by atoms with E-state index in [-0.39, 0.29) is 29.6 Å². The maximum atomic E-state index is 13.0. The summed E-state index contributed by atoms with van der Waals surface area (Å²) in [5.74, 6) is -52.1. The zero-order chi connectivity index (χ0) is 24.5. The molecule has 176 valence electrons. The third kappa shape index (κ3) is 3.85. The molecule has 0 spiro atoms. The number of halogens is 17. The summed E-state index contributed by atoms with van der Waals surface area (Å²) in [7, 11) is -8.14. The normalized spacial score (nSPS) is 16.3. The van der Waals surface area contributed by atoms with Crippen molar-refractivity contribution < 1.29 is 117 Å². The second kappa shape index (κ2) is 7.65. The molecule has 0 saturated heterocycles. The fourth-order valence-corrected chi connectivity index (χ4v) is 1.75. The average Bonchev–Trinajstić information content (AvgIpc) is 2.43. The summed E-state index contributed by atoms with van der Waals surface area (Å²) in [4.78, 5) is 0. The van der Waals surface area contributed by atoms with E-state index >= 15 is 0 Å². The van der Waals surface area contributed by atoms with Gasteiger partial charge in [0.2, 0.25) is 0 Å². The fraction of sp³-hybridized carbons (Fsp3) is 1.00. The molecule has 0 N–H and O–H groups in total. The topological polar surface area (TPSA) is 57.2 Å². The van der Waals surface area contributed by atoms with Crippen LogP contribution in [0.4, 0.5) is 74.6 Å². The average molecular weight is 526 g/mol. The minimum atomic E-state index is -8.92. The van der Waals surface area contributed by atoms with Crippen molar-refractivity contribution in [2.24, 2.45) is 0 Å². The van der Waals surface area contributed by atoms with Gasteiger partial charge in [-0.15, -0.1) is 0 Å². The Bertz CT molecular complexity index is 739. The Hall–Kier alpha value is -0.280. The van der Waals surface area contributed by atoms with Crippen LogP contribution in [0.5, 0.6) is 0 Å². The molecule has 0 rings (SSSR count). The van der Waals surface area contributed by atoms with Crippen LogP contribution in [0.2, 0.25) is 0 Å². The van der Waals surface area contributed by atoms with Crippen LogP contribution in [0.3, 0.4) is 0 Å². The van der Waals surface area contributed by atoms with E-state index in [4.69, 9.17) is 0 Å². The maximum absolute atomic E-state index is 13.0. The Balaban J connectivity index is 0. The van der Waals surface area contributed by atoms with Crippen LogP contribution in [-0.4, -0.2) is 59.9 Å². The van der Waals surface area contributed by atoms with Gasteiger partial charge in [-0.3, -0.25) is 0 Å². The van der Waals surface area contributed by atoms with Crippen molar-refractivity contribution in [1.82, 2.24) is 0 Å². The summed E-state index contributed by atoms with van der Waals surface area (Å²) < 4.78 is 244. The number of rotatable bonds is 7. The molecule has 0 aromatic carbocycles. The van der Waals surface area contributed by atoms with Gasteiger partial charge in [-0.05, 0) is 0 Å². The molecule has 0 aromatic rings. The van der Waals surface area contributed by atoms with Crippen molar-refractivity contribution in [3.8, 4) is 0 Å². The second-order valence-electron chi connectivity index (χ2n) is 4.92. The molecule has 0 aliphatic rings. The number of hydrogen-bond acceptors (Lipinski definition) is 3. The van der Waals surface area contributed by atoms with E-state index in [0.29, 0.717) is 0 Å². The van der Waals surface area contributed by atoms with Gasteiger partial charge in [-0.1, -0.05) is 0 Å². The zero-order valence-corrected chi connectivity index (χ0v) is 15.9. The predicted molar refractivity (Wildman–Crippen MR) is 50.4 cm³/mol. The minimum Gasteiger partial charge on any atom is -0.743 e. The zero-order valence-electron chi connectivity index (χ0n) is 13.1. The third-order valence-corrected chi connectivity index (χ3v) is 3.89. The van der Waals surface area contributed by atoms with Crippen molar-refractivity contribution in [2.75, 3.05) is 0 Å². The van der Waals surface area contributed by atoms with Crippen LogP contribution >= 0.6 is 0 Å². The van der Waals surface area contributed by atoms with Gasteiger partial charge in [0.05, 0.1) is 0 Å². The molecule has 0 aliphatic carbocycles. The monoisotopic (exact) mass is 526 g/mol. The van der Waals surface area contributed by atoms with E-state index in [0.717, 1.165) is 0 Å². The molecule has 0 bridgehead atoms. The van der Waals surface area contributed by atoms with E-state index in [1.54, 1.807) is 0 Å². The Morgan fingerprint density at radius 1 is 0.433 bits per heavy atom. The van der Waals surface area contributed by atoms with Crippen LogP contribution in [0.1, 0.15) is 0 Å². The Morgan fingerprint density at radius 3 is 0.833 bits per heavy atom. The van der Waals surface area contributed by atoms with Gasteiger partial charge >= 0.3 is 76.5 Å². The third-order valence-electron chi connectivity index (χ3n) is 3.01. The van der Waals surface area contributed by atoms with Crippen LogP contribution in [0.15, 0.2) is 0 Å². The molecule has 0 fully saturated rings. The fourth-order valence-electron chi connectivity index (χ4n) is 1.31. The van der Waals surface area contributed by atoms with Crippen LogP contribution in [-0.2, 0) is 10.1 Å². The van der Waals surface area contributed by atoms with E-state index in [2.05, 4.69) is 0 Å². The van der Waals surface area contributed by atoms with Gasteiger partial charge in [0.15, 0.2) is 10.1 Å². The summed E-state index contributed by atoms with van der Waals surface area (Å²) in [6.45, 7) is 0. The van der Waals surface area contributed by atoms with E-state index in [9.17, 15) is 87.6 Å². The predicted octanol–water partition coefficient (Wildman–Crippen LogP) is 1.50. The van der Waals surface area contributed by atoms with Crippen molar-refractivity contribution in [2.45, 2.75) is 47.0 Å². The van der Waals surface area contributed by atoms with Gasteiger partial charge in [-0.2, -0.15) is 74.6 Å². The molecule has 0 atom stereocenters. The molecule has 0 saturated carbocycles. The first kappa shape index (κ1) is 31.9. The first-order valence-electron chi connectivity index (χ1n) is 5.67. The Labute approximate surface area is 174 Å². The molecule has 0 aromatic heterocycles. The molecule has 0 unspecified atom stereocenters. The van der Waals surface area contributed by atoms with Gasteiger partial charge in [0.25, 0.3) is 0 Å². The molecule has 0 radical (unpaired) electrons. The molecular weight excluding hydrogens is 526 g/mol. The van der Waals surface area contributed by atoms with Crippen LogP contribution in [0.25, 0.3) is 0 Å². The molecule has 0 heterocycles. The molecule has 0 aliphatic heterocycles. The second-order valence-corrected chi connectivity index (χ2v) is 6.34. The van der Waals surface area contributed by atoms with E-state index < -0.39 is 57.1 Å². The first-order chi connectivity index (χ1) is 12.0. The largest absolute Gasteiger partial charge is 1.00 e. The van der Waals surface area contributed by atoms with Gasteiger partial charge in [0, 0.05) is 0 Å². The van der Waals surface area contributed by atoms with Gasteiger partial charge in [-0.25, -0.2) is 8.42 Å². The molecule has 22 heteroatoms. The molecular formula is C8F17NaO3S. The summed E-state index contributed by atoms with van der Waals surface area (Å²) in [6, 6.07) is 0. The Kier molecular flexibility index (Phi) is 8.13. The molecule has 3 nitrogen and oxygen atoms in total. The summed E-state index contributed by atoms with van der Waals surface area (Å²) in [5.41, 5.74) is 0. The molecule has 0 amide bonds. The quantitative estimate of drug-likeness (QED) is 0.219. The summed E-state index contributed by atoms with van der Waals surface area (Å²) in [6.07, 6.45) is -7.89. The van der Waals surface area contributed by atoms with Crippen LogP contribution in [0, 0.1) is 0 Å². The van der Waals surface area contributed by atoms with Gasteiger partial charge < -0.3 is 4.55 Å². The first-order valence-corrected chi connectivity index (χ1v) is 7.08. The Morgan fingerprint density at radius 2 is 0.633 bits per heavy atom. The SMILES string of the molecule is O=S(=O)([O-])[13C](F)(F)[13C](F)(F)[13C](F)(F)[13C](F)(F)C(F)(F)C(F)(F)C(F)(F)C(F)(F)F.[Na+]. The van der Waals surface area contributed by atoms with Gasteiger partial charge in [0.1, 0.15) is 0 Å². The number of hydrogen-bond donors (Lipinski definition) is 0. The summed E-state index contributed by atoms with van der Waals surface area (Å²) >= 11 is 0. The number of alkyl halides is 17. The maximum Gasteiger partial charge on any atom is 1.00 e.